The number of nitrogens with one attached hydrogen (secondary N) is 2. The Hall–Kier alpha value is -1.21. The lowest BCUT2D eigenvalue weighted by molar-refractivity contribution is -0.169. The SMILES string of the molecule is C=C1CC2C3CCC(=O)C3(C)CCC2C2(CO)CCC(NOC3CCNC3)=CC12O. The van der Waals surface area contributed by atoms with Gasteiger partial charge in [-0.25, -0.2) is 0 Å². The Bertz CT molecular complexity index is 775. The lowest BCUT2D eigenvalue weighted by atomic mass is 9.43. The maximum Gasteiger partial charge on any atom is 0.139 e. The summed E-state index contributed by atoms with van der Waals surface area (Å²) in [6.45, 7) is 8.20. The van der Waals surface area contributed by atoms with Crippen LogP contribution in [0.25, 0.3) is 0 Å². The fourth-order valence-electron chi connectivity index (χ4n) is 7.69. The second kappa shape index (κ2) is 7.16. The molecule has 4 fully saturated rings. The van der Waals surface area contributed by atoms with E-state index in [1.165, 1.54) is 0 Å². The molecule has 1 aliphatic heterocycles. The van der Waals surface area contributed by atoms with Crippen LogP contribution in [0.15, 0.2) is 23.9 Å². The molecule has 1 heterocycles. The second-order valence-electron chi connectivity index (χ2n) is 10.7. The number of carbonyl (C=O) groups excluding carboxylic acids is 1. The topological polar surface area (TPSA) is 90.8 Å². The van der Waals surface area contributed by atoms with Gasteiger partial charge in [0.05, 0.1) is 12.7 Å². The van der Waals surface area contributed by atoms with E-state index >= 15 is 0 Å². The molecule has 0 aromatic rings. The van der Waals surface area contributed by atoms with Crippen molar-refractivity contribution in [2.24, 2.45) is 28.6 Å². The van der Waals surface area contributed by atoms with Gasteiger partial charge in [0.1, 0.15) is 11.4 Å². The zero-order valence-corrected chi connectivity index (χ0v) is 18.1. The highest BCUT2D eigenvalue weighted by atomic mass is 16.7. The molecule has 1 saturated heterocycles. The van der Waals surface area contributed by atoms with E-state index < -0.39 is 11.0 Å². The van der Waals surface area contributed by atoms with Crippen molar-refractivity contribution in [2.45, 2.75) is 70.0 Å². The number of hydrogen-bond donors (Lipinski definition) is 4. The first-order valence-corrected chi connectivity index (χ1v) is 11.7. The van der Waals surface area contributed by atoms with Crippen LogP contribution in [0.3, 0.4) is 0 Å². The van der Waals surface area contributed by atoms with Crippen LogP contribution in [-0.4, -0.2) is 47.4 Å². The number of ketones is 1. The molecule has 4 N–H and O–H groups in total. The highest BCUT2D eigenvalue weighted by molar-refractivity contribution is 5.87. The Labute approximate surface area is 179 Å². The van der Waals surface area contributed by atoms with Gasteiger partial charge in [0.15, 0.2) is 0 Å². The number of aliphatic hydroxyl groups is 2. The smallest absolute Gasteiger partial charge is 0.139 e. The van der Waals surface area contributed by atoms with Crippen molar-refractivity contribution in [1.82, 2.24) is 10.8 Å². The summed E-state index contributed by atoms with van der Waals surface area (Å²) < 4.78 is 0. The van der Waals surface area contributed by atoms with E-state index in [0.29, 0.717) is 30.5 Å². The molecule has 7 unspecified atom stereocenters. The first-order chi connectivity index (χ1) is 14.3. The Balaban J connectivity index is 1.44. The molecule has 0 aromatic carbocycles. The van der Waals surface area contributed by atoms with Gasteiger partial charge in [0, 0.05) is 29.5 Å². The van der Waals surface area contributed by atoms with E-state index in [1.54, 1.807) is 0 Å². The van der Waals surface area contributed by atoms with E-state index in [4.69, 9.17) is 4.84 Å². The van der Waals surface area contributed by atoms with Crippen LogP contribution in [0.2, 0.25) is 0 Å². The lowest BCUT2D eigenvalue weighted by Gasteiger charge is -2.63. The number of fused-ring (bicyclic) bond motifs is 5. The zero-order chi connectivity index (χ0) is 21.1. The van der Waals surface area contributed by atoms with E-state index in [0.717, 1.165) is 62.9 Å². The molecule has 3 saturated carbocycles. The average molecular weight is 417 g/mol. The first kappa shape index (κ1) is 20.7. The van der Waals surface area contributed by atoms with Crippen LogP contribution in [0.1, 0.15) is 58.3 Å². The molecule has 5 rings (SSSR count). The molecule has 0 amide bonds. The zero-order valence-electron chi connectivity index (χ0n) is 18.1. The monoisotopic (exact) mass is 416 g/mol. The highest BCUT2D eigenvalue weighted by Gasteiger charge is 2.66. The van der Waals surface area contributed by atoms with Crippen LogP contribution in [0.5, 0.6) is 0 Å². The predicted molar refractivity (Wildman–Crippen MR) is 113 cm³/mol. The van der Waals surface area contributed by atoms with Gasteiger partial charge in [-0.2, -0.15) is 0 Å². The molecule has 0 radical (unpaired) electrons. The highest BCUT2D eigenvalue weighted by Crippen LogP contribution is 2.67. The minimum absolute atomic E-state index is 0.0573. The van der Waals surface area contributed by atoms with E-state index in [9.17, 15) is 15.0 Å². The lowest BCUT2D eigenvalue weighted by Crippen LogP contribution is -2.64. The molecule has 5 aliphatic rings. The number of carbonyl (C=O) groups is 1. The number of rotatable bonds is 4. The van der Waals surface area contributed by atoms with Gasteiger partial charge < -0.3 is 15.5 Å². The Morgan fingerprint density at radius 3 is 2.83 bits per heavy atom. The van der Waals surface area contributed by atoms with E-state index in [1.807, 2.05) is 6.08 Å². The third kappa shape index (κ3) is 2.73. The molecule has 0 spiro atoms. The second-order valence-corrected chi connectivity index (χ2v) is 10.7. The summed E-state index contributed by atoms with van der Waals surface area (Å²) in [5.74, 6) is 1.28. The van der Waals surface area contributed by atoms with Crippen molar-refractivity contribution in [2.75, 3.05) is 19.7 Å². The molecule has 166 valence electrons. The van der Waals surface area contributed by atoms with Crippen molar-refractivity contribution in [1.29, 1.82) is 0 Å². The normalized spacial score (nSPS) is 48.0. The van der Waals surface area contributed by atoms with Gasteiger partial charge >= 0.3 is 0 Å². The van der Waals surface area contributed by atoms with E-state index in [2.05, 4.69) is 24.3 Å². The summed E-state index contributed by atoms with van der Waals surface area (Å²) >= 11 is 0. The molecule has 0 bridgehead atoms. The van der Waals surface area contributed by atoms with Crippen molar-refractivity contribution in [3.8, 4) is 0 Å². The maximum atomic E-state index is 12.6. The van der Waals surface area contributed by atoms with Crippen molar-refractivity contribution < 1.29 is 19.8 Å². The summed E-state index contributed by atoms with van der Waals surface area (Å²) in [5, 5.41) is 25.9. The molecule has 6 heteroatoms. The quantitative estimate of drug-likeness (QED) is 0.415. The van der Waals surface area contributed by atoms with Crippen LogP contribution < -0.4 is 10.8 Å². The van der Waals surface area contributed by atoms with Gasteiger partial charge in [-0.3, -0.25) is 15.1 Å². The van der Waals surface area contributed by atoms with Gasteiger partial charge in [-0.05, 0) is 80.9 Å². The number of Topliss-reactive ketones (excluding diaryl/α,β-unsaturated/α-hetero) is 1. The predicted octanol–water partition coefficient (Wildman–Crippen LogP) is 2.23. The van der Waals surface area contributed by atoms with Gasteiger partial charge in [-0.15, -0.1) is 0 Å². The first-order valence-electron chi connectivity index (χ1n) is 11.7. The minimum atomic E-state index is -1.24. The third-order valence-electron chi connectivity index (χ3n) is 9.51. The minimum Gasteiger partial charge on any atom is -0.396 e. The van der Waals surface area contributed by atoms with Gasteiger partial charge in [0.2, 0.25) is 0 Å². The summed E-state index contributed by atoms with van der Waals surface area (Å²) in [5.41, 5.74) is 2.67. The van der Waals surface area contributed by atoms with Crippen LogP contribution in [0.4, 0.5) is 0 Å². The fraction of sp³-hybridized carbons (Fsp3) is 0.792. The largest absolute Gasteiger partial charge is 0.396 e. The van der Waals surface area contributed by atoms with E-state index in [-0.39, 0.29) is 24.0 Å². The van der Waals surface area contributed by atoms with Gasteiger partial charge in [0.25, 0.3) is 0 Å². The molecule has 30 heavy (non-hydrogen) atoms. The van der Waals surface area contributed by atoms with Gasteiger partial charge in [-0.1, -0.05) is 13.5 Å². The van der Waals surface area contributed by atoms with Crippen LogP contribution >= 0.6 is 0 Å². The molecule has 7 atom stereocenters. The standard InChI is InChI=1S/C24H36N2O4/c1-15-11-18-19-3-4-21(28)22(19,2)8-6-20(18)23(14-27)9-5-16(12-24(15,23)29)26-30-17-7-10-25-13-17/h12,17-20,25-27,29H,1,3-11,13-14H2,2H3. The molecular formula is C24H36N2O4. The fourth-order valence-corrected chi connectivity index (χ4v) is 7.69. The molecule has 6 nitrogen and oxygen atoms in total. The molecular weight excluding hydrogens is 380 g/mol. The third-order valence-corrected chi connectivity index (χ3v) is 9.51. The number of aliphatic hydroxyl groups excluding tert-OH is 1. The summed E-state index contributed by atoms with van der Waals surface area (Å²) in [6, 6.07) is 0. The summed E-state index contributed by atoms with van der Waals surface area (Å²) in [4.78, 5) is 18.5. The van der Waals surface area contributed by atoms with Crippen molar-refractivity contribution in [3.63, 3.8) is 0 Å². The molecule has 0 aromatic heterocycles. The van der Waals surface area contributed by atoms with Crippen molar-refractivity contribution in [3.05, 3.63) is 23.9 Å². The molecule has 4 aliphatic carbocycles. The number of hydroxylamine groups is 1. The maximum absolute atomic E-state index is 12.6. The van der Waals surface area contributed by atoms with Crippen molar-refractivity contribution >= 4 is 5.78 Å². The summed E-state index contributed by atoms with van der Waals surface area (Å²) in [7, 11) is 0. The number of hydrogen-bond acceptors (Lipinski definition) is 6. The Morgan fingerprint density at radius 2 is 2.10 bits per heavy atom. The number of allylic oxidation sites excluding steroid dienone is 1. The van der Waals surface area contributed by atoms with Crippen LogP contribution in [0, 0.1) is 28.6 Å². The van der Waals surface area contributed by atoms with Crippen LogP contribution in [-0.2, 0) is 9.63 Å². The summed E-state index contributed by atoms with van der Waals surface area (Å²) in [6.07, 6.45) is 8.53. The Kier molecular flexibility index (Phi) is 4.93. The average Bonchev–Trinajstić information content (AvgIpc) is 3.35. The Morgan fingerprint density at radius 1 is 1.27 bits per heavy atom.